The smallest absolute Gasteiger partial charge is 0.308 e. The fraction of sp³-hybridized carbons (Fsp3) is 0. The Bertz CT molecular complexity index is 695. The predicted octanol–water partition coefficient (Wildman–Crippen LogP) is 1.11. The minimum atomic E-state index is -0.109. The molecule has 0 atom stereocenters. The van der Waals surface area contributed by atoms with Crippen LogP contribution in [-0.2, 0) is 0 Å². The molecule has 0 fully saturated rings. The molecule has 18 heavy (non-hydrogen) atoms. The molecule has 7 heteroatoms. The molecule has 0 aliphatic rings. The van der Waals surface area contributed by atoms with Crippen molar-refractivity contribution in [1.29, 1.82) is 0 Å². The van der Waals surface area contributed by atoms with E-state index < -0.39 is 0 Å². The van der Waals surface area contributed by atoms with Crippen LogP contribution in [0.1, 0.15) is 5.82 Å². The van der Waals surface area contributed by atoms with E-state index in [2.05, 4.69) is 15.1 Å². The highest BCUT2D eigenvalue weighted by Gasteiger charge is 2.14. The fourth-order valence-corrected chi connectivity index (χ4v) is 1.66. The largest absolute Gasteiger partial charge is 0.423 e. The molecule has 0 saturated heterocycles. The molecule has 0 saturated carbocycles. The van der Waals surface area contributed by atoms with E-state index in [0.717, 1.165) is 5.52 Å². The van der Waals surface area contributed by atoms with Gasteiger partial charge in [0.05, 0.1) is 0 Å². The maximum Gasteiger partial charge on any atom is 0.308 e. The molecule has 90 valence electrons. The predicted molar refractivity (Wildman–Crippen MR) is 63.6 cm³/mol. The minimum absolute atomic E-state index is 0.109. The summed E-state index contributed by atoms with van der Waals surface area (Å²) in [5, 5.41) is 11.6. The Balaban J connectivity index is 2.18. The van der Waals surface area contributed by atoms with Crippen LogP contribution in [0.4, 0.5) is 0 Å². The second-order valence-electron chi connectivity index (χ2n) is 3.57. The number of amidine groups is 1. The zero-order valence-corrected chi connectivity index (χ0v) is 9.19. The molecule has 0 spiro atoms. The number of fused-ring (bicyclic) bond motifs is 1. The van der Waals surface area contributed by atoms with Crippen molar-refractivity contribution in [2.45, 2.75) is 0 Å². The van der Waals surface area contributed by atoms with Gasteiger partial charge in [0, 0.05) is 12.4 Å². The van der Waals surface area contributed by atoms with Crippen molar-refractivity contribution >= 4 is 16.9 Å². The van der Waals surface area contributed by atoms with E-state index in [9.17, 15) is 0 Å². The molecule has 2 heterocycles. The summed E-state index contributed by atoms with van der Waals surface area (Å²) in [6, 6.07) is 7.69. The number of rotatable bonds is 2. The summed E-state index contributed by atoms with van der Waals surface area (Å²) in [5.41, 5.74) is 6.91. The molecular weight excluding hydrogens is 234 g/mol. The average Bonchev–Trinajstić information content (AvgIpc) is 3.03. The number of nitrogens with two attached hydrogens (primary N) is 1. The molecule has 1 aromatic carbocycles. The third-order valence-electron chi connectivity index (χ3n) is 2.47. The van der Waals surface area contributed by atoms with E-state index in [0.29, 0.717) is 11.6 Å². The Morgan fingerprint density at radius 2 is 2.22 bits per heavy atom. The van der Waals surface area contributed by atoms with Crippen molar-refractivity contribution in [2.24, 2.45) is 10.9 Å². The van der Waals surface area contributed by atoms with Gasteiger partial charge in [-0.05, 0) is 12.1 Å². The lowest BCUT2D eigenvalue weighted by Gasteiger charge is -2.00. The normalized spacial score (nSPS) is 12.1. The van der Waals surface area contributed by atoms with E-state index in [4.69, 9.17) is 15.4 Å². The fourth-order valence-electron chi connectivity index (χ4n) is 1.66. The molecule has 3 N–H and O–H groups in total. The van der Waals surface area contributed by atoms with Crippen LogP contribution >= 0.6 is 0 Å². The third-order valence-corrected chi connectivity index (χ3v) is 2.47. The first-order chi connectivity index (χ1) is 8.79. The molecule has 3 rings (SSSR count). The summed E-state index contributed by atoms with van der Waals surface area (Å²) in [6.45, 7) is 0. The first kappa shape index (κ1) is 10.3. The molecule has 2 aromatic heterocycles. The summed E-state index contributed by atoms with van der Waals surface area (Å²) in [4.78, 5) is 8.28. The number of nitrogens with zero attached hydrogens (tertiary/aromatic N) is 4. The van der Waals surface area contributed by atoms with E-state index in [1.807, 2.05) is 24.3 Å². The Hall–Kier alpha value is -2.83. The lowest BCUT2D eigenvalue weighted by molar-refractivity contribution is 0.318. The average molecular weight is 243 g/mol. The van der Waals surface area contributed by atoms with E-state index in [-0.39, 0.29) is 11.7 Å². The standard InChI is InChI=1S/C11H9N5O2/c12-9(15-17)10-13-5-6-16(10)11-14-7-3-1-2-4-8(7)18-11/h1-6,17H,(H2,12,15). The van der Waals surface area contributed by atoms with Crippen molar-refractivity contribution in [1.82, 2.24) is 14.5 Å². The second kappa shape index (κ2) is 3.88. The molecular formula is C11H9N5O2. The molecule has 0 amide bonds. The van der Waals surface area contributed by atoms with Crippen LogP contribution in [0.15, 0.2) is 46.2 Å². The van der Waals surface area contributed by atoms with Crippen LogP contribution in [0.3, 0.4) is 0 Å². The number of oxazole rings is 1. The van der Waals surface area contributed by atoms with Gasteiger partial charge in [-0.25, -0.2) is 9.55 Å². The Morgan fingerprint density at radius 3 is 3.00 bits per heavy atom. The van der Waals surface area contributed by atoms with Gasteiger partial charge in [-0.3, -0.25) is 0 Å². The van der Waals surface area contributed by atoms with Crippen molar-refractivity contribution < 1.29 is 9.62 Å². The van der Waals surface area contributed by atoms with Crippen LogP contribution in [-0.4, -0.2) is 25.6 Å². The number of hydrogen-bond acceptors (Lipinski definition) is 5. The van der Waals surface area contributed by atoms with Crippen LogP contribution in [0.5, 0.6) is 0 Å². The maximum atomic E-state index is 8.68. The topological polar surface area (TPSA) is 102 Å². The highest BCUT2D eigenvalue weighted by Crippen LogP contribution is 2.18. The lowest BCUT2D eigenvalue weighted by atomic mass is 10.3. The molecule has 0 radical (unpaired) electrons. The van der Waals surface area contributed by atoms with Gasteiger partial charge < -0.3 is 15.4 Å². The van der Waals surface area contributed by atoms with Gasteiger partial charge in [0.15, 0.2) is 11.4 Å². The minimum Gasteiger partial charge on any atom is -0.423 e. The highest BCUT2D eigenvalue weighted by atomic mass is 16.4. The number of imidazole rings is 1. The summed E-state index contributed by atoms with van der Waals surface area (Å²) in [7, 11) is 0. The van der Waals surface area contributed by atoms with Crippen LogP contribution in [0, 0.1) is 0 Å². The first-order valence-corrected chi connectivity index (χ1v) is 5.17. The zero-order chi connectivity index (χ0) is 12.5. The van der Waals surface area contributed by atoms with E-state index >= 15 is 0 Å². The number of oxime groups is 1. The van der Waals surface area contributed by atoms with Crippen molar-refractivity contribution in [3.05, 3.63) is 42.5 Å². The van der Waals surface area contributed by atoms with Crippen molar-refractivity contribution in [3.8, 4) is 6.01 Å². The van der Waals surface area contributed by atoms with Gasteiger partial charge in [-0.15, -0.1) is 0 Å². The number of hydrogen-bond donors (Lipinski definition) is 2. The van der Waals surface area contributed by atoms with E-state index in [1.165, 1.54) is 10.8 Å². The van der Waals surface area contributed by atoms with Crippen LogP contribution < -0.4 is 5.73 Å². The Labute approximate surface area is 101 Å². The molecule has 0 aliphatic heterocycles. The monoisotopic (exact) mass is 243 g/mol. The van der Waals surface area contributed by atoms with Crippen molar-refractivity contribution in [3.63, 3.8) is 0 Å². The van der Waals surface area contributed by atoms with Gasteiger partial charge in [0.1, 0.15) is 5.52 Å². The molecule has 0 bridgehead atoms. The van der Waals surface area contributed by atoms with Crippen molar-refractivity contribution in [2.75, 3.05) is 0 Å². The summed E-state index contributed by atoms with van der Waals surface area (Å²) in [6.07, 6.45) is 3.14. The van der Waals surface area contributed by atoms with E-state index in [1.54, 1.807) is 6.20 Å². The van der Waals surface area contributed by atoms with Crippen LogP contribution in [0.25, 0.3) is 17.1 Å². The quantitative estimate of drug-likeness (QED) is 0.304. The zero-order valence-electron chi connectivity index (χ0n) is 9.19. The molecule has 7 nitrogen and oxygen atoms in total. The molecule has 0 unspecified atom stereocenters. The number of para-hydroxylation sites is 2. The highest BCUT2D eigenvalue weighted by molar-refractivity contribution is 5.94. The van der Waals surface area contributed by atoms with Gasteiger partial charge in [-0.1, -0.05) is 17.3 Å². The van der Waals surface area contributed by atoms with Gasteiger partial charge in [-0.2, -0.15) is 4.98 Å². The second-order valence-corrected chi connectivity index (χ2v) is 3.57. The van der Waals surface area contributed by atoms with Gasteiger partial charge in [0.25, 0.3) is 0 Å². The third kappa shape index (κ3) is 1.49. The summed E-state index contributed by atoms with van der Waals surface area (Å²) >= 11 is 0. The number of benzene rings is 1. The molecule has 3 aromatic rings. The summed E-state index contributed by atoms with van der Waals surface area (Å²) < 4.78 is 7.08. The summed E-state index contributed by atoms with van der Waals surface area (Å²) in [5.74, 6) is 0.159. The van der Waals surface area contributed by atoms with Gasteiger partial charge in [0.2, 0.25) is 5.84 Å². The number of aromatic nitrogens is 3. The maximum absolute atomic E-state index is 8.68. The Morgan fingerprint density at radius 1 is 1.39 bits per heavy atom. The Kier molecular flexibility index (Phi) is 2.23. The lowest BCUT2D eigenvalue weighted by Crippen LogP contribution is -2.18. The molecule has 0 aliphatic carbocycles. The van der Waals surface area contributed by atoms with Crippen LogP contribution in [0.2, 0.25) is 0 Å². The van der Waals surface area contributed by atoms with Gasteiger partial charge >= 0.3 is 6.01 Å². The SMILES string of the molecule is NC(=NO)c1nccn1-c1nc2ccccc2o1. The first-order valence-electron chi connectivity index (χ1n) is 5.17.